The van der Waals surface area contributed by atoms with Gasteiger partial charge in [0.25, 0.3) is 0 Å². The van der Waals surface area contributed by atoms with Crippen molar-refractivity contribution in [3.63, 3.8) is 0 Å². The Balaban J connectivity index is 0.000000224. The molecule has 0 amide bonds. The van der Waals surface area contributed by atoms with Crippen LogP contribution in [0, 0.1) is 0 Å². The summed E-state index contributed by atoms with van der Waals surface area (Å²) in [5.41, 5.74) is 2.32. The highest BCUT2D eigenvalue weighted by atomic mass is 14.9. The molecule has 2 N–H and O–H groups in total. The first-order valence-electron chi connectivity index (χ1n) is 7.70. The van der Waals surface area contributed by atoms with Crippen molar-refractivity contribution in [2.45, 2.75) is 13.3 Å². The van der Waals surface area contributed by atoms with Gasteiger partial charge in [0.05, 0.1) is 0 Å². The first kappa shape index (κ1) is 17.6. The Morgan fingerprint density at radius 2 is 1.27 bits per heavy atom. The van der Waals surface area contributed by atoms with E-state index in [1.807, 2.05) is 54.6 Å². The van der Waals surface area contributed by atoms with Crippen LogP contribution in [0.5, 0.6) is 0 Å². The Kier molecular flexibility index (Phi) is 9.80. The number of anilines is 2. The van der Waals surface area contributed by atoms with Crippen LogP contribution in [0.15, 0.2) is 85.5 Å². The van der Waals surface area contributed by atoms with Gasteiger partial charge in [0.15, 0.2) is 0 Å². The van der Waals surface area contributed by atoms with Gasteiger partial charge in [0, 0.05) is 24.5 Å². The summed E-state index contributed by atoms with van der Waals surface area (Å²) < 4.78 is 0. The van der Waals surface area contributed by atoms with Crippen LogP contribution in [-0.2, 0) is 0 Å². The second kappa shape index (κ2) is 12.3. The van der Waals surface area contributed by atoms with E-state index in [4.69, 9.17) is 0 Å². The van der Waals surface area contributed by atoms with Crippen LogP contribution >= 0.6 is 0 Å². The van der Waals surface area contributed by atoms with E-state index in [1.165, 1.54) is 5.69 Å². The SMILES string of the molecule is C=CCNc1ccccc1.CCC=CCNc1ccccc1. The molecular weight excluding hydrogens is 268 g/mol. The fourth-order valence-electron chi connectivity index (χ4n) is 1.73. The summed E-state index contributed by atoms with van der Waals surface area (Å²) in [4.78, 5) is 0. The van der Waals surface area contributed by atoms with E-state index in [9.17, 15) is 0 Å². The quantitative estimate of drug-likeness (QED) is 0.673. The molecule has 0 fully saturated rings. The van der Waals surface area contributed by atoms with Crippen molar-refractivity contribution in [1.29, 1.82) is 0 Å². The van der Waals surface area contributed by atoms with Crippen molar-refractivity contribution in [3.8, 4) is 0 Å². The van der Waals surface area contributed by atoms with Crippen molar-refractivity contribution >= 4 is 11.4 Å². The lowest BCUT2D eigenvalue weighted by molar-refractivity contribution is 1.20. The number of rotatable bonds is 7. The van der Waals surface area contributed by atoms with Crippen LogP contribution in [0.1, 0.15) is 13.3 Å². The highest BCUT2D eigenvalue weighted by Crippen LogP contribution is 2.04. The normalized spacial score (nSPS) is 9.68. The lowest BCUT2D eigenvalue weighted by Crippen LogP contribution is -1.96. The van der Waals surface area contributed by atoms with Gasteiger partial charge in [-0.05, 0) is 30.7 Å². The standard InChI is InChI=1S/C11H15N.C9H11N/c1-2-3-7-10-12-11-8-5-4-6-9-11;1-2-8-10-9-6-4-3-5-7-9/h3-9,12H,2,10H2,1H3;2-7,10H,1,8H2. The largest absolute Gasteiger partial charge is 0.382 e. The lowest BCUT2D eigenvalue weighted by Gasteiger charge is -2.00. The van der Waals surface area contributed by atoms with E-state index in [0.29, 0.717) is 0 Å². The number of nitrogens with one attached hydrogen (secondary N) is 2. The van der Waals surface area contributed by atoms with Crippen molar-refractivity contribution in [2.75, 3.05) is 23.7 Å². The van der Waals surface area contributed by atoms with Gasteiger partial charge in [0.2, 0.25) is 0 Å². The average molecular weight is 294 g/mol. The van der Waals surface area contributed by atoms with Crippen molar-refractivity contribution in [3.05, 3.63) is 85.5 Å². The van der Waals surface area contributed by atoms with Gasteiger partial charge in [-0.1, -0.05) is 61.5 Å². The zero-order valence-electron chi connectivity index (χ0n) is 13.3. The van der Waals surface area contributed by atoms with Gasteiger partial charge in [-0.2, -0.15) is 0 Å². The Labute approximate surface area is 134 Å². The van der Waals surface area contributed by atoms with Gasteiger partial charge in [-0.25, -0.2) is 0 Å². The molecule has 0 spiro atoms. The van der Waals surface area contributed by atoms with Gasteiger partial charge >= 0.3 is 0 Å². The minimum absolute atomic E-state index is 0.823. The van der Waals surface area contributed by atoms with Crippen LogP contribution in [0.4, 0.5) is 11.4 Å². The molecule has 0 saturated heterocycles. The molecule has 0 heterocycles. The van der Waals surface area contributed by atoms with Crippen LogP contribution in [0.2, 0.25) is 0 Å². The number of benzene rings is 2. The van der Waals surface area contributed by atoms with Crippen molar-refractivity contribution in [1.82, 2.24) is 0 Å². The Morgan fingerprint density at radius 3 is 1.73 bits per heavy atom. The number of para-hydroxylation sites is 2. The molecule has 0 aromatic heterocycles. The molecule has 2 rings (SSSR count). The van der Waals surface area contributed by atoms with E-state index in [-0.39, 0.29) is 0 Å². The van der Waals surface area contributed by atoms with Gasteiger partial charge in [0.1, 0.15) is 0 Å². The third kappa shape index (κ3) is 8.64. The maximum Gasteiger partial charge on any atom is 0.0342 e. The van der Waals surface area contributed by atoms with E-state index >= 15 is 0 Å². The lowest BCUT2D eigenvalue weighted by atomic mass is 10.3. The highest BCUT2D eigenvalue weighted by molar-refractivity contribution is 5.43. The zero-order valence-corrected chi connectivity index (χ0v) is 13.3. The summed E-state index contributed by atoms with van der Waals surface area (Å²) in [5.74, 6) is 0. The molecule has 0 saturated carbocycles. The molecule has 2 aromatic carbocycles. The topological polar surface area (TPSA) is 24.1 Å². The number of hydrogen-bond donors (Lipinski definition) is 2. The third-order valence-electron chi connectivity index (χ3n) is 2.82. The van der Waals surface area contributed by atoms with Crippen molar-refractivity contribution < 1.29 is 0 Å². The van der Waals surface area contributed by atoms with E-state index in [0.717, 1.165) is 25.2 Å². The maximum atomic E-state index is 3.61. The van der Waals surface area contributed by atoms with Gasteiger partial charge in [-0.3, -0.25) is 0 Å². The number of allylic oxidation sites excluding steroid dienone is 1. The summed E-state index contributed by atoms with van der Waals surface area (Å²) in [6, 6.07) is 20.3. The molecule has 22 heavy (non-hydrogen) atoms. The minimum Gasteiger partial charge on any atom is -0.382 e. The number of hydrogen-bond acceptors (Lipinski definition) is 2. The molecule has 116 valence electrons. The van der Waals surface area contributed by atoms with Crippen LogP contribution < -0.4 is 10.6 Å². The Bertz CT molecular complexity index is 518. The highest BCUT2D eigenvalue weighted by Gasteiger charge is 1.84. The minimum atomic E-state index is 0.823. The van der Waals surface area contributed by atoms with Crippen LogP contribution in [0.3, 0.4) is 0 Å². The van der Waals surface area contributed by atoms with Crippen LogP contribution in [0.25, 0.3) is 0 Å². The zero-order chi connectivity index (χ0) is 15.9. The second-order valence-electron chi connectivity index (χ2n) is 4.66. The smallest absolute Gasteiger partial charge is 0.0342 e. The monoisotopic (exact) mass is 294 g/mol. The molecule has 2 heteroatoms. The summed E-state index contributed by atoms with van der Waals surface area (Å²) in [6.07, 6.45) is 7.26. The molecule has 2 aromatic rings. The van der Waals surface area contributed by atoms with Gasteiger partial charge in [-0.15, -0.1) is 6.58 Å². The summed E-state index contributed by atoms with van der Waals surface area (Å²) >= 11 is 0. The fraction of sp³-hybridized carbons (Fsp3) is 0.200. The molecular formula is C20H26N2. The Morgan fingerprint density at radius 1 is 0.773 bits per heavy atom. The van der Waals surface area contributed by atoms with E-state index in [1.54, 1.807) is 0 Å². The first-order chi connectivity index (χ1) is 10.9. The van der Waals surface area contributed by atoms with Crippen LogP contribution in [-0.4, -0.2) is 13.1 Å². The molecule has 0 unspecified atom stereocenters. The predicted octanol–water partition coefficient (Wildman–Crippen LogP) is 5.35. The Hall–Kier alpha value is -2.48. The maximum absolute atomic E-state index is 3.61. The molecule has 0 aliphatic heterocycles. The molecule has 0 aliphatic carbocycles. The van der Waals surface area contributed by atoms with E-state index < -0.39 is 0 Å². The fourth-order valence-corrected chi connectivity index (χ4v) is 1.73. The van der Waals surface area contributed by atoms with Gasteiger partial charge < -0.3 is 10.6 Å². The molecule has 0 atom stereocenters. The second-order valence-corrected chi connectivity index (χ2v) is 4.66. The first-order valence-corrected chi connectivity index (χ1v) is 7.70. The van der Waals surface area contributed by atoms with Crippen molar-refractivity contribution in [2.24, 2.45) is 0 Å². The molecule has 2 nitrogen and oxygen atoms in total. The summed E-state index contributed by atoms with van der Waals surface area (Å²) in [7, 11) is 0. The predicted molar refractivity (Wildman–Crippen MR) is 99.5 cm³/mol. The van der Waals surface area contributed by atoms with E-state index in [2.05, 4.69) is 48.4 Å². The molecule has 0 aliphatic rings. The summed E-state index contributed by atoms with van der Waals surface area (Å²) in [5, 5.41) is 6.47. The average Bonchev–Trinajstić information content (AvgIpc) is 2.59. The molecule has 0 bridgehead atoms. The molecule has 0 radical (unpaired) electrons. The summed E-state index contributed by atoms with van der Waals surface area (Å²) in [6.45, 7) is 7.49. The third-order valence-corrected chi connectivity index (χ3v) is 2.82.